The number of halogens is 2. The number of rotatable bonds is 1. The van der Waals surface area contributed by atoms with Crippen LogP contribution in [0, 0.1) is 0 Å². The Hall–Kier alpha value is -0.280. The zero-order valence-electron chi connectivity index (χ0n) is 5.27. The summed E-state index contributed by atoms with van der Waals surface area (Å²) in [6.45, 7) is 0. The highest BCUT2D eigenvalue weighted by atomic mass is 79.9. The Kier molecular flexibility index (Phi) is 2.51. The Morgan fingerprint density at radius 3 is 2.80 bits per heavy atom. The molecule has 0 unspecified atom stereocenters. The van der Waals surface area contributed by atoms with E-state index < -0.39 is 0 Å². The number of aromatic nitrogens is 1. The van der Waals surface area contributed by atoms with E-state index in [1.54, 1.807) is 19.2 Å². The van der Waals surface area contributed by atoms with Crippen molar-refractivity contribution >= 4 is 27.5 Å². The fourth-order valence-corrected chi connectivity index (χ4v) is 1.29. The van der Waals surface area contributed by atoms with Crippen molar-refractivity contribution in [3.63, 3.8) is 0 Å². The summed E-state index contributed by atoms with van der Waals surface area (Å²) in [6.07, 6.45) is 0. The lowest BCUT2D eigenvalue weighted by Gasteiger charge is -2.00. The van der Waals surface area contributed by atoms with Crippen molar-refractivity contribution in [1.29, 1.82) is 0 Å². The van der Waals surface area contributed by atoms with Gasteiger partial charge in [0.15, 0.2) is 5.75 Å². The summed E-state index contributed by atoms with van der Waals surface area (Å²) in [5, 5.41) is 0.452. The molecule has 0 saturated heterocycles. The number of ether oxygens (including phenoxy) is 1. The lowest BCUT2D eigenvalue weighted by Crippen LogP contribution is -1.86. The van der Waals surface area contributed by atoms with Crippen molar-refractivity contribution in [2.45, 2.75) is 0 Å². The predicted molar refractivity (Wildman–Crippen MR) is 43.5 cm³/mol. The molecule has 1 aromatic heterocycles. The SMILES string of the molecule is COc1ccc(Cl)nc1Br. The Morgan fingerprint density at radius 2 is 2.30 bits per heavy atom. The zero-order chi connectivity index (χ0) is 7.56. The topological polar surface area (TPSA) is 22.1 Å². The third-order valence-corrected chi connectivity index (χ3v) is 1.78. The molecular formula is C6H5BrClNO. The molecule has 0 fully saturated rings. The van der Waals surface area contributed by atoms with Gasteiger partial charge in [-0.2, -0.15) is 0 Å². The van der Waals surface area contributed by atoms with Gasteiger partial charge in [0.25, 0.3) is 0 Å². The van der Waals surface area contributed by atoms with E-state index in [2.05, 4.69) is 20.9 Å². The molecule has 1 heterocycles. The first-order valence-corrected chi connectivity index (χ1v) is 3.77. The third kappa shape index (κ3) is 1.61. The van der Waals surface area contributed by atoms with Crippen molar-refractivity contribution in [3.05, 3.63) is 21.9 Å². The van der Waals surface area contributed by atoms with E-state index in [9.17, 15) is 0 Å². The third-order valence-electron chi connectivity index (χ3n) is 1.00. The van der Waals surface area contributed by atoms with Crippen LogP contribution in [0.4, 0.5) is 0 Å². The van der Waals surface area contributed by atoms with Crippen LogP contribution in [0.1, 0.15) is 0 Å². The van der Waals surface area contributed by atoms with Gasteiger partial charge in [-0.25, -0.2) is 4.98 Å². The van der Waals surface area contributed by atoms with E-state index in [1.165, 1.54) is 0 Å². The molecule has 0 saturated carbocycles. The Labute approximate surface area is 72.3 Å². The second-order valence-corrected chi connectivity index (χ2v) is 2.77. The summed E-state index contributed by atoms with van der Waals surface area (Å²) in [7, 11) is 1.58. The van der Waals surface area contributed by atoms with Gasteiger partial charge in [0.1, 0.15) is 9.76 Å². The highest BCUT2D eigenvalue weighted by Crippen LogP contribution is 2.23. The smallest absolute Gasteiger partial charge is 0.151 e. The van der Waals surface area contributed by atoms with Gasteiger partial charge in [-0.05, 0) is 28.1 Å². The highest BCUT2D eigenvalue weighted by Gasteiger charge is 1.99. The summed E-state index contributed by atoms with van der Waals surface area (Å²) in [6, 6.07) is 3.42. The molecule has 0 amide bonds. The summed E-state index contributed by atoms with van der Waals surface area (Å²) in [5.41, 5.74) is 0. The number of hydrogen-bond donors (Lipinski definition) is 0. The molecule has 1 rings (SSSR count). The largest absolute Gasteiger partial charge is 0.494 e. The molecule has 0 atom stereocenters. The van der Waals surface area contributed by atoms with Crippen LogP contribution in [0.2, 0.25) is 5.15 Å². The minimum Gasteiger partial charge on any atom is -0.494 e. The number of methoxy groups -OCH3 is 1. The van der Waals surface area contributed by atoms with Crippen LogP contribution < -0.4 is 4.74 Å². The van der Waals surface area contributed by atoms with Gasteiger partial charge in [-0.1, -0.05) is 11.6 Å². The average Bonchev–Trinajstić information content (AvgIpc) is 1.88. The minimum atomic E-state index is 0.452. The van der Waals surface area contributed by atoms with Crippen molar-refractivity contribution in [2.75, 3.05) is 7.11 Å². The van der Waals surface area contributed by atoms with E-state index in [1.807, 2.05) is 0 Å². The van der Waals surface area contributed by atoms with Crippen molar-refractivity contribution in [1.82, 2.24) is 4.98 Å². The Morgan fingerprint density at radius 1 is 1.60 bits per heavy atom. The van der Waals surface area contributed by atoms with Gasteiger partial charge in [0.2, 0.25) is 0 Å². The van der Waals surface area contributed by atoms with Gasteiger partial charge >= 0.3 is 0 Å². The Bertz CT molecular complexity index is 241. The molecular weight excluding hydrogens is 217 g/mol. The van der Waals surface area contributed by atoms with Gasteiger partial charge in [-0.15, -0.1) is 0 Å². The summed E-state index contributed by atoms with van der Waals surface area (Å²) < 4.78 is 5.56. The molecule has 4 heteroatoms. The number of pyridine rings is 1. The molecule has 0 N–H and O–H groups in total. The molecule has 0 aliphatic carbocycles. The lowest BCUT2D eigenvalue weighted by molar-refractivity contribution is 0.410. The maximum atomic E-state index is 5.58. The van der Waals surface area contributed by atoms with Crippen LogP contribution in [0.5, 0.6) is 5.75 Å². The van der Waals surface area contributed by atoms with E-state index in [4.69, 9.17) is 16.3 Å². The molecule has 10 heavy (non-hydrogen) atoms. The molecule has 54 valence electrons. The zero-order valence-corrected chi connectivity index (χ0v) is 7.61. The molecule has 2 nitrogen and oxygen atoms in total. The van der Waals surface area contributed by atoms with Crippen LogP contribution in [0.15, 0.2) is 16.7 Å². The van der Waals surface area contributed by atoms with Gasteiger partial charge < -0.3 is 4.74 Å². The van der Waals surface area contributed by atoms with Crippen molar-refractivity contribution < 1.29 is 4.74 Å². The van der Waals surface area contributed by atoms with Gasteiger partial charge in [0, 0.05) is 0 Å². The summed E-state index contributed by atoms with van der Waals surface area (Å²) >= 11 is 8.76. The van der Waals surface area contributed by atoms with Crippen LogP contribution in [-0.2, 0) is 0 Å². The molecule has 0 radical (unpaired) electrons. The van der Waals surface area contributed by atoms with E-state index >= 15 is 0 Å². The second kappa shape index (κ2) is 3.21. The molecule has 1 aromatic rings. The van der Waals surface area contributed by atoms with Crippen LogP contribution >= 0.6 is 27.5 Å². The number of hydrogen-bond acceptors (Lipinski definition) is 2. The standard InChI is InChI=1S/C6H5BrClNO/c1-10-4-2-3-5(8)9-6(4)7/h2-3H,1H3. The Balaban J connectivity index is 3.07. The van der Waals surface area contributed by atoms with Crippen LogP contribution in [0.25, 0.3) is 0 Å². The quantitative estimate of drug-likeness (QED) is 0.681. The highest BCUT2D eigenvalue weighted by molar-refractivity contribution is 9.10. The predicted octanol–water partition coefficient (Wildman–Crippen LogP) is 2.51. The molecule has 0 bridgehead atoms. The van der Waals surface area contributed by atoms with Gasteiger partial charge in [-0.3, -0.25) is 0 Å². The number of nitrogens with zero attached hydrogens (tertiary/aromatic N) is 1. The molecule has 0 spiro atoms. The minimum absolute atomic E-state index is 0.452. The fraction of sp³-hybridized carbons (Fsp3) is 0.167. The second-order valence-electron chi connectivity index (χ2n) is 1.63. The van der Waals surface area contributed by atoms with Gasteiger partial charge in [0.05, 0.1) is 7.11 Å². The van der Waals surface area contributed by atoms with Crippen LogP contribution in [-0.4, -0.2) is 12.1 Å². The lowest BCUT2D eigenvalue weighted by atomic mass is 10.5. The molecule has 0 aliphatic rings. The van der Waals surface area contributed by atoms with E-state index in [0.717, 1.165) is 0 Å². The molecule has 0 aliphatic heterocycles. The first-order chi connectivity index (χ1) is 4.74. The maximum absolute atomic E-state index is 5.58. The van der Waals surface area contributed by atoms with Crippen molar-refractivity contribution in [2.24, 2.45) is 0 Å². The van der Waals surface area contributed by atoms with E-state index in [0.29, 0.717) is 15.5 Å². The first kappa shape index (κ1) is 7.82. The average molecular weight is 222 g/mol. The first-order valence-electron chi connectivity index (χ1n) is 2.60. The normalized spacial score (nSPS) is 9.50. The van der Waals surface area contributed by atoms with E-state index in [-0.39, 0.29) is 0 Å². The summed E-state index contributed by atoms with van der Waals surface area (Å²) in [5.74, 6) is 0.685. The fourth-order valence-electron chi connectivity index (χ4n) is 0.552. The van der Waals surface area contributed by atoms with Crippen LogP contribution in [0.3, 0.4) is 0 Å². The maximum Gasteiger partial charge on any atom is 0.151 e. The molecule has 0 aromatic carbocycles. The summed E-state index contributed by atoms with van der Waals surface area (Å²) in [4.78, 5) is 3.90. The monoisotopic (exact) mass is 221 g/mol. The van der Waals surface area contributed by atoms with Crippen molar-refractivity contribution in [3.8, 4) is 5.75 Å².